The number of hydrogen-bond acceptors (Lipinski definition) is 2. The van der Waals surface area contributed by atoms with Gasteiger partial charge < -0.3 is 10.6 Å². The average molecular weight is 262 g/mol. The minimum absolute atomic E-state index is 0.0709. The third-order valence-corrected chi connectivity index (χ3v) is 3.07. The third-order valence-electron chi connectivity index (χ3n) is 3.07. The fourth-order valence-corrected chi connectivity index (χ4v) is 2.02. The zero-order valence-electron chi connectivity index (χ0n) is 12.4. The predicted molar refractivity (Wildman–Crippen MR) is 80.1 cm³/mol. The lowest BCUT2D eigenvalue weighted by molar-refractivity contribution is -0.123. The predicted octanol–water partition coefficient (Wildman–Crippen LogP) is 2.51. The van der Waals surface area contributed by atoms with Crippen molar-refractivity contribution in [3.63, 3.8) is 0 Å². The molecule has 3 heteroatoms. The molecule has 19 heavy (non-hydrogen) atoms. The SMILES string of the molecule is CC(C)NC(=O)C(C)NC(C)CCc1ccccc1. The lowest BCUT2D eigenvalue weighted by Crippen LogP contribution is -2.47. The summed E-state index contributed by atoms with van der Waals surface area (Å²) < 4.78 is 0. The summed E-state index contributed by atoms with van der Waals surface area (Å²) in [6, 6.07) is 10.8. The number of aryl methyl sites for hydroxylation is 1. The van der Waals surface area contributed by atoms with E-state index < -0.39 is 0 Å². The normalized spacial score (nSPS) is 14.2. The third kappa shape index (κ3) is 6.39. The Morgan fingerprint density at radius 2 is 1.74 bits per heavy atom. The van der Waals surface area contributed by atoms with Crippen LogP contribution in [-0.4, -0.2) is 24.0 Å². The van der Waals surface area contributed by atoms with Gasteiger partial charge in [-0.05, 0) is 46.1 Å². The highest BCUT2D eigenvalue weighted by atomic mass is 16.2. The maximum Gasteiger partial charge on any atom is 0.237 e. The van der Waals surface area contributed by atoms with Gasteiger partial charge in [-0.25, -0.2) is 0 Å². The molecule has 0 saturated heterocycles. The topological polar surface area (TPSA) is 41.1 Å². The summed E-state index contributed by atoms with van der Waals surface area (Å²) in [5.41, 5.74) is 1.34. The summed E-state index contributed by atoms with van der Waals surface area (Å²) in [7, 11) is 0. The van der Waals surface area contributed by atoms with Gasteiger partial charge in [0.15, 0.2) is 0 Å². The minimum Gasteiger partial charge on any atom is -0.353 e. The molecule has 1 aromatic rings. The molecule has 0 heterocycles. The van der Waals surface area contributed by atoms with Crippen LogP contribution in [0.3, 0.4) is 0 Å². The van der Waals surface area contributed by atoms with Crippen LogP contribution in [0.15, 0.2) is 30.3 Å². The van der Waals surface area contributed by atoms with Crippen LogP contribution < -0.4 is 10.6 Å². The highest BCUT2D eigenvalue weighted by molar-refractivity contribution is 5.81. The lowest BCUT2D eigenvalue weighted by atomic mass is 10.1. The smallest absolute Gasteiger partial charge is 0.237 e. The minimum atomic E-state index is -0.145. The van der Waals surface area contributed by atoms with E-state index in [0.717, 1.165) is 12.8 Å². The molecule has 2 atom stereocenters. The van der Waals surface area contributed by atoms with Gasteiger partial charge in [0, 0.05) is 12.1 Å². The van der Waals surface area contributed by atoms with Gasteiger partial charge in [0.2, 0.25) is 5.91 Å². The van der Waals surface area contributed by atoms with Crippen LogP contribution in [0, 0.1) is 0 Å². The average Bonchev–Trinajstić information content (AvgIpc) is 2.36. The summed E-state index contributed by atoms with van der Waals surface area (Å²) in [6.45, 7) is 7.99. The fourth-order valence-electron chi connectivity index (χ4n) is 2.02. The molecule has 0 fully saturated rings. The van der Waals surface area contributed by atoms with Crippen molar-refractivity contribution >= 4 is 5.91 Å². The molecular weight excluding hydrogens is 236 g/mol. The molecule has 2 N–H and O–H groups in total. The molecule has 0 aliphatic heterocycles. The van der Waals surface area contributed by atoms with E-state index >= 15 is 0 Å². The second kappa shape index (κ2) is 7.95. The second-order valence-electron chi connectivity index (χ2n) is 5.48. The van der Waals surface area contributed by atoms with E-state index in [0.29, 0.717) is 6.04 Å². The van der Waals surface area contributed by atoms with Crippen molar-refractivity contribution in [2.75, 3.05) is 0 Å². The number of carbonyl (C=O) groups excluding carboxylic acids is 1. The molecular formula is C16H26N2O. The van der Waals surface area contributed by atoms with Crippen molar-refractivity contribution in [1.29, 1.82) is 0 Å². The van der Waals surface area contributed by atoms with Gasteiger partial charge in [-0.2, -0.15) is 0 Å². The highest BCUT2D eigenvalue weighted by Gasteiger charge is 2.15. The first kappa shape index (κ1) is 15.7. The summed E-state index contributed by atoms with van der Waals surface area (Å²) in [6.07, 6.45) is 2.07. The Morgan fingerprint density at radius 3 is 2.32 bits per heavy atom. The molecule has 106 valence electrons. The van der Waals surface area contributed by atoms with Crippen molar-refractivity contribution in [1.82, 2.24) is 10.6 Å². The van der Waals surface area contributed by atoms with Crippen LogP contribution in [-0.2, 0) is 11.2 Å². The Labute approximate surface area is 116 Å². The van der Waals surface area contributed by atoms with Crippen LogP contribution in [0.5, 0.6) is 0 Å². The molecule has 1 amide bonds. The van der Waals surface area contributed by atoms with Crippen LogP contribution in [0.1, 0.15) is 39.7 Å². The molecule has 0 aliphatic rings. The monoisotopic (exact) mass is 262 g/mol. The number of hydrogen-bond donors (Lipinski definition) is 2. The quantitative estimate of drug-likeness (QED) is 0.793. The van der Waals surface area contributed by atoms with E-state index in [4.69, 9.17) is 0 Å². The first-order valence-electron chi connectivity index (χ1n) is 7.09. The fraction of sp³-hybridized carbons (Fsp3) is 0.562. The van der Waals surface area contributed by atoms with Crippen molar-refractivity contribution in [3.05, 3.63) is 35.9 Å². The van der Waals surface area contributed by atoms with E-state index in [1.54, 1.807) is 0 Å². The van der Waals surface area contributed by atoms with E-state index in [9.17, 15) is 4.79 Å². The second-order valence-corrected chi connectivity index (χ2v) is 5.48. The summed E-state index contributed by atoms with van der Waals surface area (Å²) in [5.74, 6) is 0.0709. The van der Waals surface area contributed by atoms with Gasteiger partial charge in [0.05, 0.1) is 6.04 Å². The van der Waals surface area contributed by atoms with Gasteiger partial charge in [-0.15, -0.1) is 0 Å². The van der Waals surface area contributed by atoms with Gasteiger partial charge in [-0.3, -0.25) is 4.79 Å². The molecule has 0 radical (unpaired) electrons. The number of amides is 1. The molecule has 3 nitrogen and oxygen atoms in total. The van der Waals surface area contributed by atoms with Gasteiger partial charge in [0.25, 0.3) is 0 Å². The zero-order valence-corrected chi connectivity index (χ0v) is 12.4. The van der Waals surface area contributed by atoms with Crippen LogP contribution in [0.4, 0.5) is 0 Å². The van der Waals surface area contributed by atoms with Crippen molar-refractivity contribution in [2.45, 2.75) is 58.7 Å². The number of carbonyl (C=O) groups is 1. The first-order chi connectivity index (χ1) is 8.99. The summed E-state index contributed by atoms with van der Waals surface area (Å²) >= 11 is 0. The first-order valence-corrected chi connectivity index (χ1v) is 7.09. The highest BCUT2D eigenvalue weighted by Crippen LogP contribution is 2.05. The van der Waals surface area contributed by atoms with Gasteiger partial charge in [0.1, 0.15) is 0 Å². The summed E-state index contributed by atoms with van der Waals surface area (Å²) in [4.78, 5) is 11.8. The Morgan fingerprint density at radius 1 is 1.11 bits per heavy atom. The molecule has 2 unspecified atom stereocenters. The zero-order chi connectivity index (χ0) is 14.3. The van der Waals surface area contributed by atoms with Crippen LogP contribution in [0.2, 0.25) is 0 Å². The van der Waals surface area contributed by atoms with Crippen molar-refractivity contribution in [3.8, 4) is 0 Å². The Kier molecular flexibility index (Phi) is 6.57. The van der Waals surface area contributed by atoms with E-state index in [1.165, 1.54) is 5.56 Å². The number of benzene rings is 1. The molecule has 0 aromatic heterocycles. The molecule has 0 saturated carbocycles. The van der Waals surface area contributed by atoms with Crippen molar-refractivity contribution < 1.29 is 4.79 Å². The summed E-state index contributed by atoms with van der Waals surface area (Å²) in [5, 5.41) is 6.26. The molecule has 1 rings (SSSR count). The van der Waals surface area contributed by atoms with Gasteiger partial charge in [-0.1, -0.05) is 30.3 Å². The van der Waals surface area contributed by atoms with Gasteiger partial charge >= 0.3 is 0 Å². The van der Waals surface area contributed by atoms with Crippen LogP contribution in [0.25, 0.3) is 0 Å². The maximum atomic E-state index is 11.8. The number of nitrogens with one attached hydrogen (secondary N) is 2. The van der Waals surface area contributed by atoms with Crippen LogP contribution >= 0.6 is 0 Å². The maximum absolute atomic E-state index is 11.8. The molecule has 0 spiro atoms. The Hall–Kier alpha value is -1.35. The Bertz CT molecular complexity index is 376. The molecule has 1 aromatic carbocycles. The van der Waals surface area contributed by atoms with Crippen molar-refractivity contribution in [2.24, 2.45) is 0 Å². The molecule has 0 aliphatic carbocycles. The standard InChI is InChI=1S/C16H26N2O/c1-12(2)17-16(19)14(4)18-13(3)10-11-15-8-6-5-7-9-15/h5-9,12-14,18H,10-11H2,1-4H3,(H,17,19). The lowest BCUT2D eigenvalue weighted by Gasteiger charge is -2.20. The van der Waals surface area contributed by atoms with E-state index in [1.807, 2.05) is 26.8 Å². The van der Waals surface area contributed by atoms with E-state index in [-0.39, 0.29) is 18.0 Å². The molecule has 0 bridgehead atoms. The van der Waals surface area contributed by atoms with E-state index in [2.05, 4.69) is 41.8 Å². The Balaban J connectivity index is 2.30. The number of rotatable bonds is 7. The largest absolute Gasteiger partial charge is 0.353 e.